The lowest BCUT2D eigenvalue weighted by Gasteiger charge is -2.41. The summed E-state index contributed by atoms with van der Waals surface area (Å²) in [6.45, 7) is 25.2. The van der Waals surface area contributed by atoms with Crippen LogP contribution in [0, 0.1) is 13.8 Å². The summed E-state index contributed by atoms with van der Waals surface area (Å²) in [5.74, 6) is 0.369. The molecule has 1 saturated heterocycles. The van der Waals surface area contributed by atoms with Crippen molar-refractivity contribution < 1.29 is 28.8 Å². The molecular weight excluding hydrogens is 596 g/mol. The van der Waals surface area contributed by atoms with E-state index < -0.39 is 17.7 Å². The van der Waals surface area contributed by atoms with Crippen LogP contribution < -0.4 is 9.64 Å². The van der Waals surface area contributed by atoms with Gasteiger partial charge in [0.2, 0.25) is 0 Å². The summed E-state index contributed by atoms with van der Waals surface area (Å²) < 4.78 is 26.6. The van der Waals surface area contributed by atoms with E-state index in [0.717, 1.165) is 36.1 Å². The molecule has 10 nitrogen and oxygen atoms in total. The number of piperidine rings is 1. The maximum absolute atomic E-state index is 12.7. The van der Waals surface area contributed by atoms with E-state index in [2.05, 4.69) is 31.0 Å². The second-order valence-electron chi connectivity index (χ2n) is 13.8. The van der Waals surface area contributed by atoms with Gasteiger partial charge in [-0.25, -0.2) is 9.78 Å². The van der Waals surface area contributed by atoms with Crippen LogP contribution in [0.2, 0.25) is 0 Å². The van der Waals surface area contributed by atoms with Crippen LogP contribution in [-0.4, -0.2) is 62.7 Å². The summed E-state index contributed by atoms with van der Waals surface area (Å²) >= 11 is 0. The number of aromatic nitrogens is 3. The molecule has 3 heterocycles. The lowest BCUT2D eigenvalue weighted by Crippen LogP contribution is -2.45. The van der Waals surface area contributed by atoms with Crippen LogP contribution in [0.3, 0.4) is 0 Å². The van der Waals surface area contributed by atoms with Crippen molar-refractivity contribution in [3.8, 4) is 5.75 Å². The predicted octanol–water partition coefficient (Wildman–Crippen LogP) is 7.47. The highest BCUT2D eigenvalue weighted by Crippen LogP contribution is 2.38. The number of carboxylic acids is 1. The van der Waals surface area contributed by atoms with Gasteiger partial charge in [-0.3, -0.25) is 0 Å². The molecule has 3 unspecified atom stereocenters. The summed E-state index contributed by atoms with van der Waals surface area (Å²) in [5, 5.41) is 15.4. The van der Waals surface area contributed by atoms with Crippen LogP contribution in [0.5, 0.6) is 5.75 Å². The fraction of sp³-hybridized carbons (Fsp3) is 0.541. The second-order valence-corrected chi connectivity index (χ2v) is 13.8. The van der Waals surface area contributed by atoms with Crippen molar-refractivity contribution in [1.82, 2.24) is 14.6 Å². The zero-order valence-electron chi connectivity index (χ0n) is 29.3. The number of aliphatic carboxylic acids is 1. The average Bonchev–Trinajstić information content (AvgIpc) is 3.40. The summed E-state index contributed by atoms with van der Waals surface area (Å²) in [7, 11) is 0. The first-order valence-electron chi connectivity index (χ1n) is 16.4. The molecule has 3 aromatic rings. The van der Waals surface area contributed by atoms with Crippen molar-refractivity contribution in [2.24, 2.45) is 0 Å². The topological polar surface area (TPSA) is 108 Å². The first-order valence-corrected chi connectivity index (χ1v) is 16.4. The summed E-state index contributed by atoms with van der Waals surface area (Å²) in [6, 6.07) is 8.00. The highest BCUT2D eigenvalue weighted by atomic mass is 16.5. The third kappa shape index (κ3) is 9.00. The summed E-state index contributed by atoms with van der Waals surface area (Å²) in [5.41, 5.74) is 3.43. The molecule has 0 bridgehead atoms. The van der Waals surface area contributed by atoms with Crippen LogP contribution >= 0.6 is 0 Å². The van der Waals surface area contributed by atoms with Gasteiger partial charge in [-0.1, -0.05) is 23.8 Å². The van der Waals surface area contributed by atoms with Gasteiger partial charge in [0.25, 0.3) is 0 Å². The average molecular weight is 649 g/mol. The minimum atomic E-state index is -1.24. The Balaban J connectivity index is 1.70. The Labute approximate surface area is 279 Å². The maximum Gasteiger partial charge on any atom is 0.337 e. The van der Waals surface area contributed by atoms with Crippen molar-refractivity contribution in [3.63, 3.8) is 0 Å². The number of nitrogens with zero attached hydrogens (tertiary/aromatic N) is 4. The molecule has 0 saturated carbocycles. The third-order valence-corrected chi connectivity index (χ3v) is 8.39. The smallest absolute Gasteiger partial charge is 0.337 e. The number of carboxylic acid groups (broad SMARTS) is 1. The highest BCUT2D eigenvalue weighted by molar-refractivity contribution is 5.78. The standard InChI is InChI=1S/C37H52N4O6/c1-11-13-25(4)46-30-15-14-24(3)21-29(30)27(6)44-23-28-22-31-38-26(5)32(33(35(42)43)47-36(7,8)9)34(41(31)39-28)40-18-16-37(10,17-19-40)45-20-12-2/h11-12,14-15,21-22,25,27,33H,1-2,13,16-20,23H2,3-10H3,(H,42,43). The number of ether oxygens (including phenoxy) is 4. The predicted molar refractivity (Wildman–Crippen MR) is 184 cm³/mol. The van der Waals surface area contributed by atoms with Crippen molar-refractivity contribution in [2.45, 2.75) is 111 Å². The minimum absolute atomic E-state index is 0.0142. The minimum Gasteiger partial charge on any atom is -0.490 e. The molecule has 1 aliphatic heterocycles. The molecule has 4 rings (SSSR count). The third-order valence-electron chi connectivity index (χ3n) is 8.39. The molecule has 0 radical (unpaired) electrons. The number of anilines is 1. The van der Waals surface area contributed by atoms with E-state index in [-0.39, 0.29) is 24.4 Å². The van der Waals surface area contributed by atoms with Gasteiger partial charge in [-0.2, -0.15) is 9.61 Å². The molecule has 3 atom stereocenters. The molecule has 0 aliphatic carbocycles. The zero-order chi connectivity index (χ0) is 34.5. The Morgan fingerprint density at radius 1 is 1.13 bits per heavy atom. The lowest BCUT2D eigenvalue weighted by atomic mass is 9.92. The summed E-state index contributed by atoms with van der Waals surface area (Å²) in [4.78, 5) is 19.7. The number of rotatable bonds is 15. The van der Waals surface area contributed by atoms with Gasteiger partial charge >= 0.3 is 5.97 Å². The molecule has 0 spiro atoms. The number of benzene rings is 1. The number of aryl methyl sites for hydroxylation is 2. The number of hydrogen-bond acceptors (Lipinski definition) is 8. The van der Waals surface area contributed by atoms with Crippen molar-refractivity contribution >= 4 is 17.4 Å². The van der Waals surface area contributed by atoms with Gasteiger partial charge in [-0.15, -0.1) is 13.2 Å². The van der Waals surface area contributed by atoms with Gasteiger partial charge in [0, 0.05) is 36.8 Å². The Morgan fingerprint density at radius 3 is 2.45 bits per heavy atom. The van der Waals surface area contributed by atoms with Gasteiger partial charge in [0.1, 0.15) is 11.6 Å². The largest absolute Gasteiger partial charge is 0.490 e. The summed E-state index contributed by atoms with van der Waals surface area (Å²) in [6.07, 6.45) is 4.33. The van der Waals surface area contributed by atoms with Crippen LogP contribution in [-0.2, 0) is 25.6 Å². The van der Waals surface area contributed by atoms with E-state index in [4.69, 9.17) is 29.0 Å². The normalized spacial score (nSPS) is 16.9. The van der Waals surface area contributed by atoms with Crippen molar-refractivity contribution in [2.75, 3.05) is 24.6 Å². The van der Waals surface area contributed by atoms with Gasteiger partial charge < -0.3 is 29.0 Å². The van der Waals surface area contributed by atoms with E-state index in [1.165, 1.54) is 0 Å². The number of hydrogen-bond donors (Lipinski definition) is 1. The van der Waals surface area contributed by atoms with Crippen molar-refractivity contribution in [3.05, 3.63) is 77.7 Å². The first kappa shape index (κ1) is 36.1. The van der Waals surface area contributed by atoms with E-state index in [0.29, 0.717) is 48.1 Å². The fourth-order valence-electron chi connectivity index (χ4n) is 5.92. The van der Waals surface area contributed by atoms with E-state index >= 15 is 0 Å². The number of carbonyl (C=O) groups is 1. The Bertz CT molecular complexity index is 1570. The quantitative estimate of drug-likeness (QED) is 0.168. The van der Waals surface area contributed by atoms with Gasteiger partial charge in [0.05, 0.1) is 47.9 Å². The van der Waals surface area contributed by atoms with E-state index in [1.807, 2.05) is 72.7 Å². The van der Waals surface area contributed by atoms with Gasteiger partial charge in [-0.05, 0) is 80.4 Å². The molecule has 256 valence electrons. The van der Waals surface area contributed by atoms with E-state index in [9.17, 15) is 9.90 Å². The molecular formula is C37H52N4O6. The molecule has 47 heavy (non-hydrogen) atoms. The Kier molecular flexibility index (Phi) is 11.5. The second kappa shape index (κ2) is 15.0. The molecule has 10 heteroatoms. The van der Waals surface area contributed by atoms with Crippen LogP contribution in [0.25, 0.3) is 5.65 Å². The highest BCUT2D eigenvalue weighted by Gasteiger charge is 2.37. The Morgan fingerprint density at radius 2 is 1.83 bits per heavy atom. The molecule has 2 aromatic heterocycles. The first-order chi connectivity index (χ1) is 22.1. The SMILES string of the molecule is C=CCOC1(C)CCN(c2c(C(OC(C)(C)C)C(=O)O)c(C)nc3cc(COC(C)c4cc(C)ccc4OC(C)CC=C)nn23)CC1. The zero-order valence-corrected chi connectivity index (χ0v) is 29.3. The maximum atomic E-state index is 12.7. The van der Waals surface area contributed by atoms with Gasteiger partial charge in [0.15, 0.2) is 11.8 Å². The van der Waals surface area contributed by atoms with Crippen LogP contribution in [0.4, 0.5) is 5.82 Å². The molecule has 1 fully saturated rings. The lowest BCUT2D eigenvalue weighted by molar-refractivity contribution is -0.160. The number of fused-ring (bicyclic) bond motifs is 1. The van der Waals surface area contributed by atoms with Crippen molar-refractivity contribution in [1.29, 1.82) is 0 Å². The molecule has 1 aliphatic rings. The Hall–Kier alpha value is -3.73. The van der Waals surface area contributed by atoms with E-state index in [1.54, 1.807) is 10.6 Å². The fourth-order valence-corrected chi connectivity index (χ4v) is 5.92. The van der Waals surface area contributed by atoms with Crippen LogP contribution in [0.1, 0.15) is 101 Å². The monoisotopic (exact) mass is 648 g/mol. The molecule has 1 N–H and O–H groups in total. The van der Waals surface area contributed by atoms with Crippen LogP contribution in [0.15, 0.2) is 49.6 Å². The molecule has 1 aromatic carbocycles. The molecule has 0 amide bonds.